The SMILES string of the molecule is Cc1cc(N(C)C2CCCN(c3cccnn3)C2)c2ccccc2n1. The Hall–Kier alpha value is -2.69. The molecule has 25 heavy (non-hydrogen) atoms. The molecule has 4 rings (SSSR count). The molecule has 5 nitrogen and oxygen atoms in total. The smallest absolute Gasteiger partial charge is 0.151 e. The van der Waals surface area contributed by atoms with E-state index in [2.05, 4.69) is 69.3 Å². The lowest BCUT2D eigenvalue weighted by Gasteiger charge is -2.39. The number of piperidine rings is 1. The highest BCUT2D eigenvalue weighted by atomic mass is 15.3. The maximum absolute atomic E-state index is 4.67. The summed E-state index contributed by atoms with van der Waals surface area (Å²) in [4.78, 5) is 9.43. The Morgan fingerprint density at radius 2 is 2.04 bits per heavy atom. The van der Waals surface area contributed by atoms with Crippen molar-refractivity contribution < 1.29 is 0 Å². The Balaban J connectivity index is 1.64. The molecule has 1 fully saturated rings. The van der Waals surface area contributed by atoms with E-state index in [-0.39, 0.29) is 0 Å². The molecule has 1 unspecified atom stereocenters. The molecule has 2 aromatic heterocycles. The maximum atomic E-state index is 4.67. The predicted octanol–water partition coefficient (Wildman–Crippen LogP) is 3.44. The molecule has 0 saturated carbocycles. The Bertz CT molecular complexity index is 864. The Morgan fingerprint density at radius 1 is 1.16 bits per heavy atom. The van der Waals surface area contributed by atoms with Gasteiger partial charge in [0.2, 0.25) is 0 Å². The van der Waals surface area contributed by atoms with Gasteiger partial charge >= 0.3 is 0 Å². The molecule has 1 aromatic carbocycles. The Labute approximate surface area is 148 Å². The summed E-state index contributed by atoms with van der Waals surface area (Å²) in [6.45, 7) is 4.07. The highest BCUT2D eigenvalue weighted by Gasteiger charge is 2.25. The van der Waals surface area contributed by atoms with Gasteiger partial charge in [-0.15, -0.1) is 5.10 Å². The van der Waals surface area contributed by atoms with E-state index in [1.165, 1.54) is 17.5 Å². The van der Waals surface area contributed by atoms with Crippen molar-refractivity contribution in [1.82, 2.24) is 15.2 Å². The quantitative estimate of drug-likeness (QED) is 0.735. The number of benzene rings is 1. The van der Waals surface area contributed by atoms with Gasteiger partial charge in [-0.1, -0.05) is 18.2 Å². The van der Waals surface area contributed by atoms with E-state index in [0.29, 0.717) is 6.04 Å². The number of fused-ring (bicyclic) bond motifs is 1. The van der Waals surface area contributed by atoms with E-state index >= 15 is 0 Å². The number of pyridine rings is 1. The molecular weight excluding hydrogens is 310 g/mol. The summed E-state index contributed by atoms with van der Waals surface area (Å²) >= 11 is 0. The number of hydrogen-bond donors (Lipinski definition) is 0. The van der Waals surface area contributed by atoms with E-state index in [1.807, 2.05) is 12.1 Å². The third kappa shape index (κ3) is 3.14. The molecule has 0 bridgehead atoms. The molecule has 1 aliphatic heterocycles. The first kappa shape index (κ1) is 15.8. The number of nitrogens with zero attached hydrogens (tertiary/aromatic N) is 5. The first-order valence-electron chi connectivity index (χ1n) is 8.84. The largest absolute Gasteiger partial charge is 0.369 e. The summed E-state index contributed by atoms with van der Waals surface area (Å²) < 4.78 is 0. The highest BCUT2D eigenvalue weighted by Crippen LogP contribution is 2.30. The highest BCUT2D eigenvalue weighted by molar-refractivity contribution is 5.92. The van der Waals surface area contributed by atoms with Crippen LogP contribution >= 0.6 is 0 Å². The summed E-state index contributed by atoms with van der Waals surface area (Å²) in [5, 5.41) is 9.52. The van der Waals surface area contributed by atoms with Gasteiger partial charge in [0.25, 0.3) is 0 Å². The van der Waals surface area contributed by atoms with E-state index in [0.717, 1.165) is 36.5 Å². The molecule has 1 saturated heterocycles. The zero-order valence-corrected chi connectivity index (χ0v) is 14.8. The monoisotopic (exact) mass is 333 g/mol. The average Bonchev–Trinajstić information content (AvgIpc) is 2.67. The summed E-state index contributed by atoms with van der Waals surface area (Å²) in [5.41, 5.74) is 3.38. The zero-order chi connectivity index (χ0) is 17.2. The van der Waals surface area contributed by atoms with Gasteiger partial charge in [0.05, 0.1) is 5.52 Å². The van der Waals surface area contributed by atoms with Crippen LogP contribution in [-0.2, 0) is 0 Å². The van der Waals surface area contributed by atoms with Crippen LogP contribution in [0.4, 0.5) is 11.5 Å². The molecule has 5 heteroatoms. The second-order valence-corrected chi connectivity index (χ2v) is 6.73. The molecular formula is C20H23N5. The van der Waals surface area contributed by atoms with Crippen molar-refractivity contribution >= 4 is 22.4 Å². The summed E-state index contributed by atoms with van der Waals surface area (Å²) in [7, 11) is 2.20. The number of aryl methyl sites for hydroxylation is 1. The predicted molar refractivity (Wildman–Crippen MR) is 102 cm³/mol. The van der Waals surface area contributed by atoms with Gasteiger partial charge in [-0.05, 0) is 44.0 Å². The molecule has 3 heterocycles. The molecule has 0 amide bonds. The standard InChI is InChI=1S/C20H23N5/c1-15-13-19(17-8-3-4-9-18(17)22-15)24(2)16-7-6-12-25(14-16)20-10-5-11-21-23-20/h3-5,8-11,13,16H,6-7,12,14H2,1-2H3. The van der Waals surface area contributed by atoms with Crippen LogP contribution in [0, 0.1) is 6.92 Å². The Kier molecular flexibility index (Phi) is 4.22. The normalized spacial score (nSPS) is 17.7. The second-order valence-electron chi connectivity index (χ2n) is 6.73. The topological polar surface area (TPSA) is 45.2 Å². The van der Waals surface area contributed by atoms with Crippen molar-refractivity contribution in [2.75, 3.05) is 29.9 Å². The van der Waals surface area contributed by atoms with Crippen molar-refractivity contribution in [2.45, 2.75) is 25.8 Å². The number of likely N-dealkylation sites (N-methyl/N-ethyl adjacent to an activating group) is 1. The van der Waals surface area contributed by atoms with Crippen molar-refractivity contribution in [2.24, 2.45) is 0 Å². The fraction of sp³-hybridized carbons (Fsp3) is 0.350. The number of hydrogen-bond acceptors (Lipinski definition) is 5. The molecule has 128 valence electrons. The van der Waals surface area contributed by atoms with Gasteiger partial charge in [-0.2, -0.15) is 5.10 Å². The molecule has 3 aromatic rings. The van der Waals surface area contributed by atoms with Gasteiger partial charge in [0.1, 0.15) is 0 Å². The van der Waals surface area contributed by atoms with Crippen LogP contribution < -0.4 is 9.80 Å². The maximum Gasteiger partial charge on any atom is 0.151 e. The average molecular weight is 333 g/mol. The van der Waals surface area contributed by atoms with Crippen molar-refractivity contribution in [3.8, 4) is 0 Å². The van der Waals surface area contributed by atoms with Crippen molar-refractivity contribution in [3.05, 3.63) is 54.4 Å². The minimum atomic E-state index is 0.445. The van der Waals surface area contributed by atoms with Gasteiger partial charge in [0, 0.05) is 49.1 Å². The fourth-order valence-electron chi connectivity index (χ4n) is 3.72. The third-order valence-corrected chi connectivity index (χ3v) is 5.03. The molecule has 0 aliphatic carbocycles. The summed E-state index contributed by atoms with van der Waals surface area (Å²) in [5.74, 6) is 0.969. The number of anilines is 2. The second kappa shape index (κ2) is 6.67. The first-order chi connectivity index (χ1) is 12.2. The summed E-state index contributed by atoms with van der Waals surface area (Å²) in [6, 6.07) is 15.0. The lowest BCUT2D eigenvalue weighted by molar-refractivity contribution is 0.485. The fourth-order valence-corrected chi connectivity index (χ4v) is 3.72. The van der Waals surface area contributed by atoms with Crippen LogP contribution in [0.1, 0.15) is 18.5 Å². The minimum absolute atomic E-state index is 0.445. The third-order valence-electron chi connectivity index (χ3n) is 5.03. The minimum Gasteiger partial charge on any atom is -0.369 e. The zero-order valence-electron chi connectivity index (χ0n) is 14.8. The van der Waals surface area contributed by atoms with Crippen molar-refractivity contribution in [3.63, 3.8) is 0 Å². The van der Waals surface area contributed by atoms with E-state index in [9.17, 15) is 0 Å². The van der Waals surface area contributed by atoms with Crippen LogP contribution in [0.3, 0.4) is 0 Å². The lowest BCUT2D eigenvalue weighted by Crippen LogP contribution is -2.47. The summed E-state index contributed by atoms with van der Waals surface area (Å²) in [6.07, 6.45) is 4.07. The van der Waals surface area contributed by atoms with Crippen LogP contribution in [0.25, 0.3) is 10.9 Å². The van der Waals surface area contributed by atoms with Crippen LogP contribution in [0.5, 0.6) is 0 Å². The van der Waals surface area contributed by atoms with Gasteiger partial charge < -0.3 is 9.80 Å². The van der Waals surface area contributed by atoms with E-state index < -0.39 is 0 Å². The number of para-hydroxylation sites is 1. The number of rotatable bonds is 3. The molecule has 0 spiro atoms. The van der Waals surface area contributed by atoms with E-state index in [1.54, 1.807) is 6.20 Å². The van der Waals surface area contributed by atoms with Crippen LogP contribution in [0.15, 0.2) is 48.7 Å². The van der Waals surface area contributed by atoms with E-state index in [4.69, 9.17) is 0 Å². The van der Waals surface area contributed by atoms with Gasteiger partial charge in [-0.25, -0.2) is 0 Å². The number of aromatic nitrogens is 3. The molecule has 0 radical (unpaired) electrons. The Morgan fingerprint density at radius 3 is 2.88 bits per heavy atom. The molecule has 1 atom stereocenters. The molecule has 0 N–H and O–H groups in total. The van der Waals surface area contributed by atoms with Crippen LogP contribution in [0.2, 0.25) is 0 Å². The first-order valence-corrected chi connectivity index (χ1v) is 8.84. The molecule has 1 aliphatic rings. The van der Waals surface area contributed by atoms with Crippen molar-refractivity contribution in [1.29, 1.82) is 0 Å². The van der Waals surface area contributed by atoms with Gasteiger partial charge in [-0.3, -0.25) is 4.98 Å². The van der Waals surface area contributed by atoms with Crippen LogP contribution in [-0.4, -0.2) is 41.4 Å². The lowest BCUT2D eigenvalue weighted by atomic mass is 10.0. The van der Waals surface area contributed by atoms with Gasteiger partial charge in [0.15, 0.2) is 5.82 Å².